The Labute approximate surface area is 174 Å². The normalized spacial score (nSPS) is 11.2. The standard InChI is InChI=1S/C23H22N2O5/c1-15-4-8-18(9-5-15)21-13-23(29-3)22(26)12-20(21)16(2)24-30-14-17-6-10-19(11-7-17)25(27)28/h4-13,26H,14H2,1-3H3/b24-16+. The minimum Gasteiger partial charge on any atom is -0.504 e. The number of aromatic hydroxyl groups is 1. The Kier molecular flexibility index (Phi) is 6.32. The van der Waals surface area contributed by atoms with Crippen LogP contribution >= 0.6 is 0 Å². The number of methoxy groups -OCH3 is 1. The molecule has 0 saturated heterocycles. The van der Waals surface area contributed by atoms with Crippen LogP contribution in [0.25, 0.3) is 11.1 Å². The molecular formula is C23H22N2O5. The summed E-state index contributed by atoms with van der Waals surface area (Å²) >= 11 is 0. The van der Waals surface area contributed by atoms with E-state index in [1.54, 1.807) is 31.2 Å². The summed E-state index contributed by atoms with van der Waals surface area (Å²) in [5, 5.41) is 25.2. The van der Waals surface area contributed by atoms with Gasteiger partial charge in [0.1, 0.15) is 6.61 Å². The first-order valence-electron chi connectivity index (χ1n) is 9.27. The highest BCUT2D eigenvalue weighted by Crippen LogP contribution is 2.35. The lowest BCUT2D eigenvalue weighted by atomic mass is 9.95. The van der Waals surface area contributed by atoms with Crippen molar-refractivity contribution in [1.82, 2.24) is 0 Å². The lowest BCUT2D eigenvalue weighted by Gasteiger charge is -2.13. The molecule has 1 N–H and O–H groups in total. The summed E-state index contributed by atoms with van der Waals surface area (Å²) in [6.45, 7) is 3.97. The molecule has 0 aliphatic rings. The molecule has 3 aromatic carbocycles. The quantitative estimate of drug-likeness (QED) is 0.330. The molecule has 7 heteroatoms. The van der Waals surface area contributed by atoms with Crippen molar-refractivity contribution in [3.05, 3.63) is 87.5 Å². The van der Waals surface area contributed by atoms with E-state index in [1.807, 2.05) is 31.2 Å². The van der Waals surface area contributed by atoms with Crippen molar-refractivity contribution in [2.75, 3.05) is 7.11 Å². The molecule has 3 aromatic rings. The Bertz CT molecular complexity index is 1070. The molecular weight excluding hydrogens is 384 g/mol. The zero-order chi connectivity index (χ0) is 21.7. The molecule has 0 amide bonds. The van der Waals surface area contributed by atoms with Crippen molar-refractivity contribution in [2.24, 2.45) is 5.16 Å². The number of nitro benzene ring substituents is 1. The molecule has 30 heavy (non-hydrogen) atoms. The molecule has 0 unspecified atom stereocenters. The zero-order valence-corrected chi connectivity index (χ0v) is 17.0. The summed E-state index contributed by atoms with van der Waals surface area (Å²) in [5.41, 5.74) is 5.01. The van der Waals surface area contributed by atoms with Crippen molar-refractivity contribution in [1.29, 1.82) is 0 Å². The lowest BCUT2D eigenvalue weighted by molar-refractivity contribution is -0.384. The van der Waals surface area contributed by atoms with Gasteiger partial charge < -0.3 is 14.7 Å². The number of hydrogen-bond donors (Lipinski definition) is 1. The van der Waals surface area contributed by atoms with E-state index in [0.29, 0.717) is 17.0 Å². The predicted octanol–water partition coefficient (Wildman–Crippen LogP) is 5.23. The van der Waals surface area contributed by atoms with Crippen LogP contribution in [0.1, 0.15) is 23.6 Å². The Morgan fingerprint density at radius 2 is 1.77 bits per heavy atom. The molecule has 7 nitrogen and oxygen atoms in total. The van der Waals surface area contributed by atoms with Crippen molar-refractivity contribution >= 4 is 11.4 Å². The van der Waals surface area contributed by atoms with Gasteiger partial charge in [0.05, 0.1) is 17.7 Å². The first-order chi connectivity index (χ1) is 14.4. The van der Waals surface area contributed by atoms with E-state index >= 15 is 0 Å². The van der Waals surface area contributed by atoms with Gasteiger partial charge in [0.25, 0.3) is 5.69 Å². The number of phenolic OH excluding ortho intramolecular Hbond substituents is 1. The molecule has 0 bridgehead atoms. The highest BCUT2D eigenvalue weighted by molar-refractivity contribution is 6.05. The van der Waals surface area contributed by atoms with Crippen LogP contribution in [0.5, 0.6) is 11.5 Å². The zero-order valence-electron chi connectivity index (χ0n) is 17.0. The number of benzene rings is 3. The van der Waals surface area contributed by atoms with Gasteiger partial charge in [-0.15, -0.1) is 0 Å². The van der Waals surface area contributed by atoms with E-state index in [2.05, 4.69) is 5.16 Å². The summed E-state index contributed by atoms with van der Waals surface area (Å²) in [6, 6.07) is 17.5. The Balaban J connectivity index is 1.86. The number of aryl methyl sites for hydroxylation is 1. The van der Waals surface area contributed by atoms with Gasteiger partial charge in [-0.25, -0.2) is 0 Å². The number of hydrogen-bond acceptors (Lipinski definition) is 6. The fourth-order valence-electron chi connectivity index (χ4n) is 2.97. The largest absolute Gasteiger partial charge is 0.504 e. The highest BCUT2D eigenvalue weighted by atomic mass is 16.6. The fourth-order valence-corrected chi connectivity index (χ4v) is 2.97. The van der Waals surface area contributed by atoms with Crippen molar-refractivity contribution in [3.63, 3.8) is 0 Å². The van der Waals surface area contributed by atoms with E-state index in [-0.39, 0.29) is 18.0 Å². The molecule has 0 aliphatic carbocycles. The summed E-state index contributed by atoms with van der Waals surface area (Å²) in [6.07, 6.45) is 0. The maximum Gasteiger partial charge on any atom is 0.269 e. The molecule has 0 fully saturated rings. The smallest absolute Gasteiger partial charge is 0.269 e. The van der Waals surface area contributed by atoms with E-state index in [4.69, 9.17) is 9.57 Å². The van der Waals surface area contributed by atoms with Crippen molar-refractivity contribution in [2.45, 2.75) is 20.5 Å². The maximum absolute atomic E-state index is 10.7. The number of nitro groups is 1. The minimum atomic E-state index is -0.449. The van der Waals surface area contributed by atoms with Gasteiger partial charge in [-0.05, 0) is 54.8 Å². The Hall–Kier alpha value is -3.87. The number of ether oxygens (including phenoxy) is 1. The van der Waals surface area contributed by atoms with Gasteiger partial charge in [0, 0.05) is 17.7 Å². The summed E-state index contributed by atoms with van der Waals surface area (Å²) in [5.74, 6) is 0.377. The third-order valence-electron chi connectivity index (χ3n) is 4.65. The van der Waals surface area contributed by atoms with Gasteiger partial charge in [0.2, 0.25) is 0 Å². The first kappa shape index (κ1) is 20.9. The lowest BCUT2D eigenvalue weighted by Crippen LogP contribution is -2.01. The van der Waals surface area contributed by atoms with Crippen LogP contribution in [-0.2, 0) is 11.4 Å². The van der Waals surface area contributed by atoms with Gasteiger partial charge >= 0.3 is 0 Å². The molecule has 154 valence electrons. The third-order valence-corrected chi connectivity index (χ3v) is 4.65. The predicted molar refractivity (Wildman–Crippen MR) is 115 cm³/mol. The van der Waals surface area contributed by atoms with E-state index in [0.717, 1.165) is 22.3 Å². The van der Waals surface area contributed by atoms with Gasteiger partial charge in [-0.3, -0.25) is 10.1 Å². The average Bonchev–Trinajstić information content (AvgIpc) is 2.74. The topological polar surface area (TPSA) is 94.2 Å². The second-order valence-electron chi connectivity index (χ2n) is 6.81. The van der Waals surface area contributed by atoms with Crippen LogP contribution in [0.15, 0.2) is 65.8 Å². The molecule has 0 saturated carbocycles. The van der Waals surface area contributed by atoms with Crippen LogP contribution in [0.2, 0.25) is 0 Å². The molecule has 0 spiro atoms. The first-order valence-corrected chi connectivity index (χ1v) is 9.27. The summed E-state index contributed by atoms with van der Waals surface area (Å²) in [7, 11) is 1.50. The SMILES string of the molecule is COc1cc(-c2ccc(C)cc2)c(/C(C)=N/OCc2ccc([N+](=O)[O-])cc2)cc1O. The van der Waals surface area contributed by atoms with Crippen LogP contribution in [0, 0.1) is 17.0 Å². The second-order valence-corrected chi connectivity index (χ2v) is 6.81. The summed E-state index contributed by atoms with van der Waals surface area (Å²) in [4.78, 5) is 15.7. The van der Waals surface area contributed by atoms with Crippen LogP contribution in [-0.4, -0.2) is 22.9 Å². The third kappa shape index (κ3) is 4.75. The van der Waals surface area contributed by atoms with E-state index in [9.17, 15) is 15.2 Å². The number of rotatable bonds is 7. The minimum absolute atomic E-state index is 0.00767. The molecule has 0 atom stereocenters. The van der Waals surface area contributed by atoms with Crippen molar-refractivity contribution < 1.29 is 19.6 Å². The fraction of sp³-hybridized carbons (Fsp3) is 0.174. The molecule has 0 heterocycles. The molecule has 0 radical (unpaired) electrons. The van der Waals surface area contributed by atoms with E-state index in [1.165, 1.54) is 19.2 Å². The van der Waals surface area contributed by atoms with Gasteiger partial charge in [0.15, 0.2) is 11.5 Å². The number of oxime groups is 1. The summed E-state index contributed by atoms with van der Waals surface area (Å²) < 4.78 is 5.26. The number of phenols is 1. The van der Waals surface area contributed by atoms with Crippen LogP contribution in [0.3, 0.4) is 0 Å². The molecule has 0 aliphatic heterocycles. The number of non-ortho nitro benzene ring substituents is 1. The number of nitrogens with zero attached hydrogens (tertiary/aromatic N) is 2. The monoisotopic (exact) mass is 406 g/mol. The highest BCUT2D eigenvalue weighted by Gasteiger charge is 2.14. The van der Waals surface area contributed by atoms with Gasteiger partial charge in [-0.2, -0.15) is 0 Å². The Morgan fingerprint density at radius 3 is 2.37 bits per heavy atom. The Morgan fingerprint density at radius 1 is 1.10 bits per heavy atom. The second kappa shape index (κ2) is 9.09. The molecule has 0 aromatic heterocycles. The molecule has 3 rings (SSSR count). The maximum atomic E-state index is 10.7. The van der Waals surface area contributed by atoms with Gasteiger partial charge in [-0.1, -0.05) is 35.0 Å². The average molecular weight is 406 g/mol. The van der Waals surface area contributed by atoms with Crippen LogP contribution in [0.4, 0.5) is 5.69 Å². The van der Waals surface area contributed by atoms with Crippen LogP contribution < -0.4 is 4.74 Å². The van der Waals surface area contributed by atoms with Crippen molar-refractivity contribution in [3.8, 4) is 22.6 Å². The van der Waals surface area contributed by atoms with E-state index < -0.39 is 4.92 Å².